The molecule has 0 aliphatic heterocycles. The first-order valence-corrected chi connectivity index (χ1v) is 7.57. The van der Waals surface area contributed by atoms with Crippen LogP contribution in [-0.2, 0) is 6.42 Å². The van der Waals surface area contributed by atoms with Crippen LogP contribution in [0.3, 0.4) is 0 Å². The van der Waals surface area contributed by atoms with Crippen LogP contribution in [0.1, 0.15) is 53.0 Å². The maximum Gasteiger partial charge on any atom is 0.0922 e. The summed E-state index contributed by atoms with van der Waals surface area (Å²) in [7, 11) is 0. The maximum atomic E-state index is 10.4. The standard InChI is InChI=1S/C15H18N2OS/c1-10-15(19-17-16-10)14(18)9-12-7-4-6-11-5-2-3-8-13(11)12/h2-3,5,8,12,14,18H,4,6-7,9H2,1H3. The third-order valence-electron chi connectivity index (χ3n) is 3.99. The molecule has 0 fully saturated rings. The summed E-state index contributed by atoms with van der Waals surface area (Å²) in [5, 5.41) is 14.4. The second kappa shape index (κ2) is 5.39. The molecule has 3 nitrogen and oxygen atoms in total. The molecule has 2 atom stereocenters. The molecule has 19 heavy (non-hydrogen) atoms. The molecule has 2 aromatic rings. The van der Waals surface area contributed by atoms with Crippen LogP contribution in [0.25, 0.3) is 0 Å². The number of aryl methyl sites for hydroxylation is 2. The van der Waals surface area contributed by atoms with Crippen molar-refractivity contribution >= 4 is 11.5 Å². The molecule has 0 amide bonds. The SMILES string of the molecule is Cc1nnsc1C(O)CC1CCCc2ccccc21. The van der Waals surface area contributed by atoms with Gasteiger partial charge in [0.15, 0.2) is 0 Å². The van der Waals surface area contributed by atoms with E-state index in [-0.39, 0.29) is 0 Å². The summed E-state index contributed by atoms with van der Waals surface area (Å²) in [5.41, 5.74) is 3.73. The minimum atomic E-state index is -0.434. The van der Waals surface area contributed by atoms with E-state index in [0.717, 1.165) is 17.0 Å². The lowest BCUT2D eigenvalue weighted by Gasteiger charge is -2.27. The van der Waals surface area contributed by atoms with Crippen LogP contribution in [0, 0.1) is 6.92 Å². The quantitative estimate of drug-likeness (QED) is 0.933. The van der Waals surface area contributed by atoms with Gasteiger partial charge in [0, 0.05) is 0 Å². The minimum Gasteiger partial charge on any atom is -0.387 e. The van der Waals surface area contributed by atoms with E-state index in [4.69, 9.17) is 0 Å². The van der Waals surface area contributed by atoms with E-state index >= 15 is 0 Å². The topological polar surface area (TPSA) is 46.0 Å². The highest BCUT2D eigenvalue weighted by Gasteiger charge is 2.24. The van der Waals surface area contributed by atoms with Gasteiger partial charge in [-0.2, -0.15) is 0 Å². The van der Waals surface area contributed by atoms with Gasteiger partial charge in [-0.1, -0.05) is 28.8 Å². The Balaban J connectivity index is 1.80. The Labute approximate surface area is 117 Å². The first-order chi connectivity index (χ1) is 9.25. The lowest BCUT2D eigenvalue weighted by Crippen LogP contribution is -2.13. The number of nitrogens with zero attached hydrogens (tertiary/aromatic N) is 2. The number of fused-ring (bicyclic) bond motifs is 1. The van der Waals surface area contributed by atoms with Gasteiger partial charge in [-0.3, -0.25) is 0 Å². The van der Waals surface area contributed by atoms with Crippen molar-refractivity contribution in [1.29, 1.82) is 0 Å². The molecule has 1 N–H and O–H groups in total. The predicted molar refractivity (Wildman–Crippen MR) is 76.3 cm³/mol. The predicted octanol–water partition coefficient (Wildman–Crippen LogP) is 3.39. The Morgan fingerprint density at radius 1 is 1.42 bits per heavy atom. The normalized spacial score (nSPS) is 20.0. The Morgan fingerprint density at radius 3 is 3.05 bits per heavy atom. The summed E-state index contributed by atoms with van der Waals surface area (Å²) in [6.45, 7) is 1.91. The van der Waals surface area contributed by atoms with Gasteiger partial charge in [-0.15, -0.1) is 5.10 Å². The Kier molecular flexibility index (Phi) is 3.62. The molecule has 0 saturated carbocycles. The number of hydrogen-bond donors (Lipinski definition) is 1. The van der Waals surface area contributed by atoms with Crippen molar-refractivity contribution in [2.75, 3.05) is 0 Å². The number of hydrogen-bond acceptors (Lipinski definition) is 4. The van der Waals surface area contributed by atoms with E-state index in [0.29, 0.717) is 5.92 Å². The summed E-state index contributed by atoms with van der Waals surface area (Å²) < 4.78 is 3.91. The van der Waals surface area contributed by atoms with Crippen LogP contribution in [0.15, 0.2) is 24.3 Å². The Morgan fingerprint density at radius 2 is 2.26 bits per heavy atom. The average molecular weight is 274 g/mol. The lowest BCUT2D eigenvalue weighted by molar-refractivity contribution is 0.157. The number of aromatic nitrogens is 2. The number of rotatable bonds is 3. The fourth-order valence-electron chi connectivity index (χ4n) is 3.02. The van der Waals surface area contributed by atoms with Crippen molar-refractivity contribution in [3.63, 3.8) is 0 Å². The monoisotopic (exact) mass is 274 g/mol. The first-order valence-electron chi connectivity index (χ1n) is 6.80. The molecule has 4 heteroatoms. The van der Waals surface area contributed by atoms with Crippen molar-refractivity contribution in [3.05, 3.63) is 46.0 Å². The van der Waals surface area contributed by atoms with E-state index in [9.17, 15) is 5.11 Å². The van der Waals surface area contributed by atoms with E-state index in [1.807, 2.05) is 6.92 Å². The molecular weight excluding hydrogens is 256 g/mol. The average Bonchev–Trinajstić information content (AvgIpc) is 2.85. The van der Waals surface area contributed by atoms with Gasteiger partial charge in [0.25, 0.3) is 0 Å². The molecule has 100 valence electrons. The third-order valence-corrected chi connectivity index (χ3v) is 4.92. The second-order valence-corrected chi connectivity index (χ2v) is 6.05. The minimum absolute atomic E-state index is 0.434. The van der Waals surface area contributed by atoms with Crippen molar-refractivity contribution < 1.29 is 5.11 Å². The zero-order chi connectivity index (χ0) is 13.2. The number of aliphatic hydroxyl groups is 1. The zero-order valence-corrected chi connectivity index (χ0v) is 11.9. The van der Waals surface area contributed by atoms with Crippen LogP contribution >= 0.6 is 11.5 Å². The summed E-state index contributed by atoms with van der Waals surface area (Å²) in [6.07, 6.45) is 3.90. The third kappa shape index (κ3) is 2.55. The molecule has 0 saturated heterocycles. The van der Waals surface area contributed by atoms with Crippen LogP contribution in [0.5, 0.6) is 0 Å². The summed E-state index contributed by atoms with van der Waals surface area (Å²) in [4.78, 5) is 0.919. The molecule has 2 unspecified atom stereocenters. The van der Waals surface area contributed by atoms with Crippen molar-refractivity contribution in [1.82, 2.24) is 9.59 Å². The summed E-state index contributed by atoms with van der Waals surface area (Å²) >= 11 is 1.32. The van der Waals surface area contributed by atoms with E-state index in [1.165, 1.54) is 41.9 Å². The Hall–Kier alpha value is -1.26. The van der Waals surface area contributed by atoms with Crippen molar-refractivity contribution in [3.8, 4) is 0 Å². The van der Waals surface area contributed by atoms with Crippen LogP contribution in [-0.4, -0.2) is 14.7 Å². The van der Waals surface area contributed by atoms with Gasteiger partial charge in [-0.05, 0) is 61.2 Å². The fourth-order valence-corrected chi connectivity index (χ4v) is 3.66. The molecule has 0 radical (unpaired) electrons. The van der Waals surface area contributed by atoms with Gasteiger partial charge in [0.1, 0.15) is 0 Å². The van der Waals surface area contributed by atoms with Crippen LogP contribution < -0.4 is 0 Å². The van der Waals surface area contributed by atoms with Crippen LogP contribution in [0.2, 0.25) is 0 Å². The lowest BCUT2D eigenvalue weighted by atomic mass is 9.80. The second-order valence-electron chi connectivity index (χ2n) is 5.26. The molecule has 3 rings (SSSR count). The van der Waals surface area contributed by atoms with E-state index < -0.39 is 6.10 Å². The zero-order valence-electron chi connectivity index (χ0n) is 11.0. The maximum absolute atomic E-state index is 10.4. The van der Waals surface area contributed by atoms with Gasteiger partial charge in [0.2, 0.25) is 0 Å². The first kappa shape index (κ1) is 12.8. The van der Waals surface area contributed by atoms with Crippen LogP contribution in [0.4, 0.5) is 0 Å². The molecule has 1 aliphatic carbocycles. The molecule has 0 spiro atoms. The van der Waals surface area contributed by atoms with E-state index in [1.54, 1.807) is 0 Å². The molecule has 0 bridgehead atoms. The van der Waals surface area contributed by atoms with Gasteiger partial charge >= 0.3 is 0 Å². The summed E-state index contributed by atoms with van der Waals surface area (Å²) in [5.74, 6) is 0.460. The largest absolute Gasteiger partial charge is 0.387 e. The van der Waals surface area contributed by atoms with Gasteiger partial charge in [-0.25, -0.2) is 0 Å². The molecule has 1 aromatic heterocycles. The summed E-state index contributed by atoms with van der Waals surface area (Å²) in [6, 6.07) is 8.63. The smallest absolute Gasteiger partial charge is 0.0922 e. The number of benzene rings is 1. The molecular formula is C15H18N2OS. The fraction of sp³-hybridized carbons (Fsp3) is 0.467. The van der Waals surface area contributed by atoms with Gasteiger partial charge in [0.05, 0.1) is 16.7 Å². The van der Waals surface area contributed by atoms with Gasteiger partial charge < -0.3 is 5.11 Å². The highest BCUT2D eigenvalue weighted by molar-refractivity contribution is 7.05. The highest BCUT2D eigenvalue weighted by Crippen LogP contribution is 2.38. The molecule has 1 aliphatic rings. The molecule has 1 heterocycles. The Bertz CT molecular complexity index is 567. The van der Waals surface area contributed by atoms with Crippen molar-refractivity contribution in [2.45, 2.75) is 44.6 Å². The highest BCUT2D eigenvalue weighted by atomic mass is 32.1. The van der Waals surface area contributed by atoms with Crippen molar-refractivity contribution in [2.24, 2.45) is 0 Å². The number of aliphatic hydroxyl groups excluding tert-OH is 1. The molecule has 1 aromatic carbocycles. The van der Waals surface area contributed by atoms with E-state index in [2.05, 4.69) is 33.9 Å².